The van der Waals surface area contributed by atoms with Crippen molar-refractivity contribution in [1.29, 1.82) is 0 Å². The molecule has 1 amide bonds. The van der Waals surface area contributed by atoms with E-state index in [-0.39, 0.29) is 22.3 Å². The summed E-state index contributed by atoms with van der Waals surface area (Å²) >= 11 is 0. The zero-order valence-corrected chi connectivity index (χ0v) is 18.5. The van der Waals surface area contributed by atoms with E-state index in [1.165, 1.54) is 25.3 Å². The van der Waals surface area contributed by atoms with E-state index in [0.717, 1.165) is 5.56 Å². The molecular weight excluding hydrogens is 431 g/mol. The van der Waals surface area contributed by atoms with Gasteiger partial charge < -0.3 is 10.1 Å². The number of rotatable bonds is 6. The smallest absolute Gasteiger partial charge is 0.262 e. The predicted molar refractivity (Wildman–Crippen MR) is 120 cm³/mol. The minimum absolute atomic E-state index is 0.0444. The molecule has 32 heavy (non-hydrogen) atoms. The Kier molecular flexibility index (Phi) is 5.88. The van der Waals surface area contributed by atoms with Gasteiger partial charge in [0.05, 0.1) is 23.7 Å². The number of halogens is 1. The molecule has 0 bridgehead atoms. The molecule has 0 aromatic heterocycles. The second-order valence-corrected chi connectivity index (χ2v) is 9.34. The number of aryl methyl sites for hydroxylation is 1. The fraction of sp³-hybridized carbons (Fsp3) is 0.208. The van der Waals surface area contributed by atoms with Crippen LogP contribution in [0.25, 0.3) is 0 Å². The van der Waals surface area contributed by atoms with Crippen LogP contribution >= 0.6 is 0 Å². The van der Waals surface area contributed by atoms with Gasteiger partial charge in [-0.3, -0.25) is 9.52 Å². The first-order chi connectivity index (χ1) is 15.3. The molecule has 166 valence electrons. The van der Waals surface area contributed by atoms with Gasteiger partial charge in [0, 0.05) is 5.56 Å². The molecule has 0 fully saturated rings. The van der Waals surface area contributed by atoms with Crippen molar-refractivity contribution >= 4 is 21.6 Å². The maximum Gasteiger partial charge on any atom is 0.262 e. The van der Waals surface area contributed by atoms with Crippen LogP contribution in [-0.4, -0.2) is 21.4 Å². The Labute approximate surface area is 186 Å². The van der Waals surface area contributed by atoms with Crippen molar-refractivity contribution in [3.8, 4) is 5.75 Å². The topological polar surface area (TPSA) is 84.5 Å². The van der Waals surface area contributed by atoms with E-state index < -0.39 is 15.9 Å². The number of benzene rings is 3. The van der Waals surface area contributed by atoms with Crippen molar-refractivity contribution in [2.75, 3.05) is 11.8 Å². The van der Waals surface area contributed by atoms with Crippen LogP contribution in [0.1, 0.15) is 39.5 Å². The van der Waals surface area contributed by atoms with Crippen LogP contribution in [0.5, 0.6) is 5.75 Å². The Balaban J connectivity index is 1.59. The van der Waals surface area contributed by atoms with E-state index in [2.05, 4.69) is 10.0 Å². The zero-order valence-electron chi connectivity index (χ0n) is 17.7. The van der Waals surface area contributed by atoms with Crippen LogP contribution < -0.4 is 14.8 Å². The summed E-state index contributed by atoms with van der Waals surface area (Å²) in [6.45, 7) is 1.74. The second kappa shape index (κ2) is 8.63. The summed E-state index contributed by atoms with van der Waals surface area (Å²) < 4.78 is 47.6. The highest BCUT2D eigenvalue weighted by Gasteiger charge is 2.27. The number of para-hydroxylation sites is 2. The van der Waals surface area contributed by atoms with E-state index in [9.17, 15) is 17.6 Å². The summed E-state index contributed by atoms with van der Waals surface area (Å²) in [7, 11) is -2.51. The highest BCUT2D eigenvalue weighted by atomic mass is 32.2. The number of hydrogen-bond donors (Lipinski definition) is 2. The monoisotopic (exact) mass is 454 g/mol. The molecule has 0 saturated heterocycles. The van der Waals surface area contributed by atoms with E-state index in [1.807, 2.05) is 0 Å². The fourth-order valence-electron chi connectivity index (χ4n) is 3.94. The maximum atomic E-state index is 14.0. The molecule has 1 aliphatic carbocycles. The van der Waals surface area contributed by atoms with Gasteiger partial charge in [-0.05, 0) is 66.8 Å². The first-order valence-corrected chi connectivity index (χ1v) is 11.6. The summed E-state index contributed by atoms with van der Waals surface area (Å²) in [6, 6.07) is 15.6. The summed E-state index contributed by atoms with van der Waals surface area (Å²) in [5.74, 6) is -0.293. The van der Waals surface area contributed by atoms with Crippen LogP contribution in [-0.2, 0) is 16.4 Å². The molecule has 1 atom stereocenters. The molecule has 0 radical (unpaired) electrons. The van der Waals surface area contributed by atoms with Crippen molar-refractivity contribution in [2.45, 2.75) is 30.7 Å². The third-order valence-corrected chi connectivity index (χ3v) is 7.00. The van der Waals surface area contributed by atoms with Crippen molar-refractivity contribution < 1.29 is 22.3 Å². The van der Waals surface area contributed by atoms with Crippen LogP contribution in [0.2, 0.25) is 0 Å². The molecule has 6 nitrogen and oxygen atoms in total. The summed E-state index contributed by atoms with van der Waals surface area (Å²) in [5.41, 5.74) is 2.56. The Morgan fingerprint density at radius 1 is 1.09 bits per heavy atom. The minimum Gasteiger partial charge on any atom is -0.495 e. The molecule has 4 rings (SSSR count). The van der Waals surface area contributed by atoms with Gasteiger partial charge in [-0.25, -0.2) is 12.8 Å². The van der Waals surface area contributed by atoms with Crippen molar-refractivity contribution in [3.05, 3.63) is 88.7 Å². The third-order valence-electron chi connectivity index (χ3n) is 5.63. The SMILES string of the molecule is COc1ccccc1NS(=O)(=O)c1ccc(C)c(C(=O)NC2CCc3c(F)cccc32)c1. The number of methoxy groups -OCH3 is 1. The number of fused-ring (bicyclic) bond motifs is 1. The summed E-state index contributed by atoms with van der Waals surface area (Å²) in [4.78, 5) is 13.0. The largest absolute Gasteiger partial charge is 0.495 e. The van der Waals surface area contributed by atoms with Crippen molar-refractivity contribution in [1.82, 2.24) is 5.32 Å². The molecule has 1 unspecified atom stereocenters. The third kappa shape index (κ3) is 4.18. The summed E-state index contributed by atoms with van der Waals surface area (Å²) in [5, 5.41) is 2.93. The molecule has 3 aromatic rings. The lowest BCUT2D eigenvalue weighted by Gasteiger charge is -2.16. The average Bonchev–Trinajstić information content (AvgIpc) is 3.18. The number of nitrogens with one attached hydrogen (secondary N) is 2. The van der Waals surface area contributed by atoms with Gasteiger partial charge in [-0.2, -0.15) is 0 Å². The number of sulfonamides is 1. The molecule has 0 saturated carbocycles. The van der Waals surface area contributed by atoms with Gasteiger partial charge >= 0.3 is 0 Å². The Morgan fingerprint density at radius 3 is 2.66 bits per heavy atom. The number of carbonyl (C=O) groups is 1. The lowest BCUT2D eigenvalue weighted by molar-refractivity contribution is 0.0936. The summed E-state index contributed by atoms with van der Waals surface area (Å²) in [6.07, 6.45) is 1.14. The Bertz CT molecular complexity index is 1290. The molecular formula is C24H23FN2O4S. The average molecular weight is 455 g/mol. The second-order valence-electron chi connectivity index (χ2n) is 7.65. The van der Waals surface area contributed by atoms with Crippen molar-refractivity contribution in [2.24, 2.45) is 0 Å². The van der Waals surface area contributed by atoms with E-state index in [4.69, 9.17) is 4.74 Å². The fourth-order valence-corrected chi connectivity index (χ4v) is 5.04. The van der Waals surface area contributed by atoms with Crippen LogP contribution in [0, 0.1) is 12.7 Å². The Hall–Kier alpha value is -3.39. The first-order valence-electron chi connectivity index (χ1n) is 10.1. The maximum absolute atomic E-state index is 14.0. The number of carbonyl (C=O) groups excluding carboxylic acids is 1. The van der Waals surface area contributed by atoms with E-state index in [1.54, 1.807) is 49.4 Å². The number of amides is 1. The highest BCUT2D eigenvalue weighted by Crippen LogP contribution is 2.33. The molecule has 0 spiro atoms. The number of ether oxygens (including phenoxy) is 1. The normalized spacial score (nSPS) is 15.2. The lowest BCUT2D eigenvalue weighted by atomic mass is 10.1. The van der Waals surface area contributed by atoms with Gasteiger partial charge in [-0.1, -0.05) is 30.3 Å². The molecule has 0 heterocycles. The molecule has 3 aromatic carbocycles. The quantitative estimate of drug-likeness (QED) is 0.580. The zero-order chi connectivity index (χ0) is 22.9. The molecule has 8 heteroatoms. The first kappa shape index (κ1) is 21.8. The molecule has 1 aliphatic rings. The van der Waals surface area contributed by atoms with Gasteiger partial charge in [0.1, 0.15) is 11.6 Å². The van der Waals surface area contributed by atoms with Gasteiger partial charge in [0.2, 0.25) is 0 Å². The predicted octanol–water partition coefficient (Wildman–Crippen LogP) is 4.36. The van der Waals surface area contributed by atoms with Gasteiger partial charge in [0.25, 0.3) is 15.9 Å². The van der Waals surface area contributed by atoms with Crippen LogP contribution in [0.3, 0.4) is 0 Å². The van der Waals surface area contributed by atoms with Gasteiger partial charge in [-0.15, -0.1) is 0 Å². The molecule has 2 N–H and O–H groups in total. The highest BCUT2D eigenvalue weighted by molar-refractivity contribution is 7.92. The van der Waals surface area contributed by atoms with Gasteiger partial charge in [0.15, 0.2) is 0 Å². The number of anilines is 1. The van der Waals surface area contributed by atoms with Crippen LogP contribution in [0.15, 0.2) is 65.6 Å². The van der Waals surface area contributed by atoms with Crippen LogP contribution in [0.4, 0.5) is 10.1 Å². The van der Waals surface area contributed by atoms with E-state index in [0.29, 0.717) is 35.4 Å². The van der Waals surface area contributed by atoms with Crippen molar-refractivity contribution in [3.63, 3.8) is 0 Å². The Morgan fingerprint density at radius 2 is 1.88 bits per heavy atom. The number of hydrogen-bond acceptors (Lipinski definition) is 4. The minimum atomic E-state index is -3.96. The standard InChI is InChI=1S/C24H23FN2O4S/c1-15-10-11-16(32(29,30)27-22-8-3-4-9-23(22)31-2)14-19(15)24(28)26-21-13-12-17-18(21)6-5-7-20(17)25/h3-11,14,21,27H,12-13H2,1-2H3,(H,26,28). The lowest BCUT2D eigenvalue weighted by Crippen LogP contribution is -2.28. The van der Waals surface area contributed by atoms with E-state index >= 15 is 0 Å². The molecule has 0 aliphatic heterocycles.